The molecule has 1 aromatic heterocycles. The van der Waals surface area contributed by atoms with Crippen molar-refractivity contribution in [3.05, 3.63) is 52.7 Å². The van der Waals surface area contributed by atoms with E-state index in [4.69, 9.17) is 22.4 Å². The van der Waals surface area contributed by atoms with Crippen molar-refractivity contribution in [1.29, 1.82) is 0 Å². The maximum atomic E-state index is 15.4. The predicted molar refractivity (Wildman–Crippen MR) is 104 cm³/mol. The summed E-state index contributed by atoms with van der Waals surface area (Å²) in [6.07, 6.45) is 0.699. The maximum absolute atomic E-state index is 15.4. The lowest BCUT2D eigenvalue weighted by atomic mass is 9.98. The van der Waals surface area contributed by atoms with Crippen LogP contribution in [0.5, 0.6) is 0 Å². The van der Waals surface area contributed by atoms with Crippen molar-refractivity contribution in [3.8, 4) is 11.3 Å². The van der Waals surface area contributed by atoms with Gasteiger partial charge in [-0.15, -0.1) is 11.6 Å². The van der Waals surface area contributed by atoms with Gasteiger partial charge in [0.15, 0.2) is 5.82 Å². The molecule has 10 heteroatoms. The Balaban J connectivity index is 2.07. The lowest BCUT2D eigenvalue weighted by molar-refractivity contribution is -0.137. The molecular weight excluding hydrogens is 420 g/mol. The van der Waals surface area contributed by atoms with E-state index in [1.807, 2.05) is 0 Å². The van der Waals surface area contributed by atoms with Crippen molar-refractivity contribution in [2.75, 3.05) is 0 Å². The Hall–Kier alpha value is -3.07. The molecule has 1 aliphatic heterocycles. The summed E-state index contributed by atoms with van der Waals surface area (Å²) in [5, 5.41) is 8.90. The molecule has 0 saturated carbocycles. The number of alkyl halides is 1. The number of pyridine rings is 1. The smallest absolute Gasteiger partial charge is 0.303 e. The molecule has 2 atom stereocenters. The van der Waals surface area contributed by atoms with Gasteiger partial charge in [-0.1, -0.05) is 0 Å². The number of halogens is 3. The topological polar surface area (TPSA) is 114 Å². The Kier molecular flexibility index (Phi) is 6.02. The van der Waals surface area contributed by atoms with Crippen molar-refractivity contribution in [3.63, 3.8) is 0 Å². The molecule has 0 spiro atoms. The number of aliphatic carboxylic acids is 1. The number of carbonyl (C=O) groups is 3. The fourth-order valence-electron chi connectivity index (χ4n) is 3.69. The van der Waals surface area contributed by atoms with E-state index in [-0.39, 0.29) is 40.2 Å². The second-order valence-corrected chi connectivity index (χ2v) is 7.16. The number of benzene rings is 1. The van der Waals surface area contributed by atoms with Crippen LogP contribution < -0.4 is 5.73 Å². The molecule has 2 unspecified atom stereocenters. The lowest BCUT2D eigenvalue weighted by Crippen LogP contribution is -2.46. The highest BCUT2D eigenvalue weighted by molar-refractivity contribution is 6.17. The minimum Gasteiger partial charge on any atom is -0.481 e. The average molecular weight is 438 g/mol. The van der Waals surface area contributed by atoms with Gasteiger partial charge in [0, 0.05) is 34.9 Å². The molecule has 0 bridgehead atoms. The minimum absolute atomic E-state index is 0.000712. The Bertz CT molecular complexity index is 1050. The number of hydrogen-bond acceptors (Lipinski definition) is 4. The van der Waals surface area contributed by atoms with Crippen LogP contribution in [0, 0.1) is 11.6 Å². The number of primary amides is 1. The van der Waals surface area contributed by atoms with Crippen LogP contribution >= 0.6 is 11.6 Å². The van der Waals surface area contributed by atoms with Crippen molar-refractivity contribution in [1.82, 2.24) is 9.88 Å². The van der Waals surface area contributed by atoms with Gasteiger partial charge in [-0.2, -0.15) is 0 Å². The zero-order chi connectivity index (χ0) is 22.2. The number of carboxylic acid groups (broad SMARTS) is 1. The molecule has 2 heterocycles. The van der Waals surface area contributed by atoms with Gasteiger partial charge in [0.25, 0.3) is 5.91 Å². The van der Waals surface area contributed by atoms with E-state index in [2.05, 4.69) is 4.98 Å². The van der Waals surface area contributed by atoms with Crippen molar-refractivity contribution in [2.45, 2.75) is 37.7 Å². The summed E-state index contributed by atoms with van der Waals surface area (Å²) in [5.74, 6) is -4.45. The third-order valence-electron chi connectivity index (χ3n) is 5.14. The zero-order valence-electron chi connectivity index (χ0n) is 15.9. The molecule has 0 aliphatic carbocycles. The molecule has 30 heavy (non-hydrogen) atoms. The largest absolute Gasteiger partial charge is 0.481 e. The molecule has 1 aromatic carbocycles. The second kappa shape index (κ2) is 8.35. The summed E-state index contributed by atoms with van der Waals surface area (Å²) in [4.78, 5) is 40.6. The van der Waals surface area contributed by atoms with Crippen LogP contribution in [0.2, 0.25) is 0 Å². The van der Waals surface area contributed by atoms with Crippen LogP contribution in [0.4, 0.5) is 8.78 Å². The Morgan fingerprint density at radius 1 is 1.27 bits per heavy atom. The molecule has 0 saturated heterocycles. The van der Waals surface area contributed by atoms with Crippen LogP contribution in [0.25, 0.3) is 11.3 Å². The van der Waals surface area contributed by atoms with E-state index in [1.54, 1.807) is 0 Å². The van der Waals surface area contributed by atoms with Crippen LogP contribution in [0.1, 0.15) is 47.3 Å². The molecule has 3 rings (SSSR count). The Morgan fingerprint density at radius 3 is 2.53 bits per heavy atom. The summed E-state index contributed by atoms with van der Waals surface area (Å²) in [6.45, 7) is 1.49. The number of rotatable bonds is 7. The van der Waals surface area contributed by atoms with Crippen LogP contribution in [-0.2, 0) is 15.5 Å². The van der Waals surface area contributed by atoms with Gasteiger partial charge in [-0.3, -0.25) is 19.4 Å². The fraction of sp³-hybridized carbons (Fsp3) is 0.300. The molecule has 0 fully saturated rings. The van der Waals surface area contributed by atoms with Crippen LogP contribution in [0.3, 0.4) is 0 Å². The zero-order valence-corrected chi connectivity index (χ0v) is 16.6. The van der Waals surface area contributed by atoms with Gasteiger partial charge < -0.3 is 15.7 Å². The first-order valence-corrected chi connectivity index (χ1v) is 9.58. The number of amides is 2. The highest BCUT2D eigenvalue weighted by Crippen LogP contribution is 2.40. The number of fused-ring (bicyclic) bond motifs is 1. The highest BCUT2D eigenvalue weighted by Gasteiger charge is 2.43. The monoisotopic (exact) mass is 437 g/mol. The average Bonchev–Trinajstić information content (AvgIpc) is 2.94. The molecule has 158 valence electrons. The third kappa shape index (κ3) is 3.60. The van der Waals surface area contributed by atoms with Gasteiger partial charge in [0.2, 0.25) is 5.91 Å². The van der Waals surface area contributed by atoms with Gasteiger partial charge in [-0.25, -0.2) is 8.78 Å². The lowest BCUT2D eigenvalue weighted by Gasteiger charge is -2.29. The minimum atomic E-state index is -1.23. The number of nitrogens with two attached hydrogens (primary N) is 1. The molecule has 1 aliphatic rings. The van der Waals surface area contributed by atoms with Gasteiger partial charge in [0.1, 0.15) is 17.6 Å². The van der Waals surface area contributed by atoms with E-state index in [0.717, 1.165) is 4.90 Å². The first-order valence-electron chi connectivity index (χ1n) is 9.04. The summed E-state index contributed by atoms with van der Waals surface area (Å²) in [5.41, 5.74) is 5.10. The van der Waals surface area contributed by atoms with Gasteiger partial charge in [-0.05, 0) is 31.5 Å². The summed E-state index contributed by atoms with van der Waals surface area (Å²) in [7, 11) is 0. The number of hydrogen-bond donors (Lipinski definition) is 2. The highest BCUT2D eigenvalue weighted by atomic mass is 35.5. The molecule has 2 amide bonds. The second-order valence-electron chi connectivity index (χ2n) is 6.89. The third-order valence-corrected chi connectivity index (χ3v) is 5.43. The number of carboxylic acids is 1. The molecular formula is C20H18ClF2N3O4. The predicted octanol–water partition coefficient (Wildman–Crippen LogP) is 3.00. The number of aromatic nitrogens is 1. The van der Waals surface area contributed by atoms with Gasteiger partial charge >= 0.3 is 5.97 Å². The molecule has 3 N–H and O–H groups in total. The van der Waals surface area contributed by atoms with E-state index >= 15 is 4.39 Å². The number of nitrogens with zero attached hydrogens (tertiary/aromatic N) is 2. The SMILES string of the molecule is CC1c2c(ccc(-c3nccc(CCl)c3F)c2F)C(=O)N1C(CCC(=O)O)C(N)=O. The van der Waals surface area contributed by atoms with E-state index < -0.39 is 47.9 Å². The van der Waals surface area contributed by atoms with Crippen LogP contribution in [0.15, 0.2) is 24.4 Å². The number of carbonyl (C=O) groups excluding carboxylic acids is 2. The molecule has 0 radical (unpaired) electrons. The van der Waals surface area contributed by atoms with E-state index in [1.165, 1.54) is 31.3 Å². The normalized spacial score (nSPS) is 16.5. The first kappa shape index (κ1) is 21.6. The Morgan fingerprint density at radius 2 is 1.93 bits per heavy atom. The van der Waals surface area contributed by atoms with Crippen molar-refractivity contribution in [2.24, 2.45) is 5.73 Å². The van der Waals surface area contributed by atoms with E-state index in [9.17, 15) is 18.8 Å². The standard InChI is InChI=1S/C20H18ClF2N3O4/c1-9-15-11(20(30)26(9)13(19(24)29)4-5-14(27)28)2-3-12(17(15)23)18-16(22)10(8-21)6-7-25-18/h2-3,6-7,9,13H,4-5,8H2,1H3,(H2,24,29)(H,27,28). The summed E-state index contributed by atoms with van der Waals surface area (Å²) >= 11 is 5.70. The van der Waals surface area contributed by atoms with Crippen LogP contribution in [-0.4, -0.2) is 38.8 Å². The Labute approximate surface area is 175 Å². The maximum Gasteiger partial charge on any atom is 0.303 e. The fourth-order valence-corrected chi connectivity index (χ4v) is 3.90. The summed E-state index contributed by atoms with van der Waals surface area (Å²) in [6, 6.07) is 1.80. The van der Waals surface area contributed by atoms with Crippen molar-refractivity contribution >= 4 is 29.4 Å². The molecule has 2 aromatic rings. The molecule has 7 nitrogen and oxygen atoms in total. The van der Waals surface area contributed by atoms with Gasteiger partial charge in [0.05, 0.1) is 11.9 Å². The van der Waals surface area contributed by atoms with Crippen molar-refractivity contribution < 1.29 is 28.3 Å². The summed E-state index contributed by atoms with van der Waals surface area (Å²) < 4.78 is 30.1. The van der Waals surface area contributed by atoms with E-state index in [0.29, 0.717) is 0 Å². The first-order chi connectivity index (χ1) is 14.2. The quantitative estimate of drug-likeness (QED) is 0.646.